The minimum Gasteiger partial charge on any atom is -0.462 e. The first-order valence-corrected chi connectivity index (χ1v) is 27.3. The minimum absolute atomic E-state index is 0.167. The molecule has 2 fully saturated rings. The number of aliphatic hydroxyl groups excluding tert-OH is 7. The molecule has 15 nitrogen and oxygen atoms in total. The lowest BCUT2D eigenvalue weighted by molar-refractivity contribution is -0.332. The van der Waals surface area contributed by atoms with Gasteiger partial charge in [0, 0.05) is 12.8 Å². The standard InChI is InChI=1S/C53H98O15/c1-3-5-7-9-11-13-15-17-18-19-20-21-22-24-26-28-30-32-34-36-45(56)66-41(38-63-44(55)35-33-31-29-27-25-23-16-14-12-10-8-6-4-2)39-64-52-51(62)49(60)47(58)43(68-52)40-65-53-50(61)48(59)46(57)42(37-54)67-53/h17-18,41-43,46-54,57-62H,3-16,19-40H2,1-2H3/b18-17+/t41-,42+,43+,46-,47-,48?,49?,50?,51?,52+,53+/m1/s1. The van der Waals surface area contributed by atoms with Crippen LogP contribution in [-0.4, -0.2) is 142 Å². The molecule has 0 aromatic carbocycles. The van der Waals surface area contributed by atoms with Gasteiger partial charge in [-0.1, -0.05) is 180 Å². The Kier molecular flexibility index (Phi) is 37.4. The van der Waals surface area contributed by atoms with E-state index < -0.39 is 92.7 Å². The number of ether oxygens (including phenoxy) is 6. The topological polar surface area (TPSA) is 231 Å². The Morgan fingerprint density at radius 1 is 0.456 bits per heavy atom. The van der Waals surface area contributed by atoms with E-state index in [-0.39, 0.29) is 26.1 Å². The Bertz CT molecular complexity index is 1240. The van der Waals surface area contributed by atoms with Crippen molar-refractivity contribution in [3.63, 3.8) is 0 Å². The molecular formula is C53H98O15. The molecule has 2 heterocycles. The van der Waals surface area contributed by atoms with Gasteiger partial charge in [-0.15, -0.1) is 0 Å². The molecular weight excluding hydrogens is 877 g/mol. The first kappa shape index (κ1) is 62.4. The van der Waals surface area contributed by atoms with E-state index in [9.17, 15) is 45.3 Å². The molecule has 0 aromatic rings. The summed E-state index contributed by atoms with van der Waals surface area (Å²) in [7, 11) is 0. The van der Waals surface area contributed by atoms with E-state index in [4.69, 9.17) is 28.4 Å². The van der Waals surface area contributed by atoms with E-state index in [0.29, 0.717) is 12.8 Å². The zero-order valence-electron chi connectivity index (χ0n) is 42.4. The highest BCUT2D eigenvalue weighted by Crippen LogP contribution is 2.27. The Morgan fingerprint density at radius 2 is 0.838 bits per heavy atom. The SMILES string of the molecule is CCCCCCCC/C=C/CCCCCCCCCCCC(=O)O[C@H](COC(=O)CCCCCCCCCCCCCCC)CO[C@H]1O[C@@H](CO[C@H]2O[C@@H](CO)[C@@H](O)C(O)C2O)[C@@H](O)C(O)C1O. The Labute approximate surface area is 410 Å². The summed E-state index contributed by atoms with van der Waals surface area (Å²) >= 11 is 0. The summed E-state index contributed by atoms with van der Waals surface area (Å²) in [5.41, 5.74) is 0. The average Bonchev–Trinajstić information content (AvgIpc) is 3.33. The van der Waals surface area contributed by atoms with Crippen LogP contribution in [0.4, 0.5) is 0 Å². The molecule has 68 heavy (non-hydrogen) atoms. The summed E-state index contributed by atoms with van der Waals surface area (Å²) in [5.74, 6) is -0.916. The van der Waals surface area contributed by atoms with Crippen molar-refractivity contribution >= 4 is 11.9 Å². The van der Waals surface area contributed by atoms with Crippen molar-refractivity contribution < 1.29 is 73.8 Å². The predicted molar refractivity (Wildman–Crippen MR) is 261 cm³/mol. The number of allylic oxidation sites excluding steroid dienone is 2. The van der Waals surface area contributed by atoms with E-state index in [2.05, 4.69) is 26.0 Å². The minimum atomic E-state index is -1.76. The van der Waals surface area contributed by atoms with E-state index in [1.54, 1.807) is 0 Å². The van der Waals surface area contributed by atoms with Crippen molar-refractivity contribution in [2.45, 2.75) is 287 Å². The third kappa shape index (κ3) is 28.3. The number of carbonyl (C=O) groups is 2. The number of hydrogen-bond donors (Lipinski definition) is 7. The summed E-state index contributed by atoms with van der Waals surface area (Å²) in [6.45, 7) is 2.61. The highest BCUT2D eigenvalue weighted by Gasteiger charge is 2.47. The Balaban J connectivity index is 1.77. The molecule has 4 unspecified atom stereocenters. The van der Waals surface area contributed by atoms with Crippen LogP contribution in [0, 0.1) is 0 Å². The lowest BCUT2D eigenvalue weighted by Crippen LogP contribution is -2.61. The highest BCUT2D eigenvalue weighted by molar-refractivity contribution is 5.70. The van der Waals surface area contributed by atoms with E-state index in [0.717, 1.165) is 44.9 Å². The van der Waals surface area contributed by atoms with Gasteiger partial charge >= 0.3 is 11.9 Å². The molecule has 0 radical (unpaired) electrons. The van der Waals surface area contributed by atoms with Gasteiger partial charge in [0.15, 0.2) is 18.7 Å². The summed E-state index contributed by atoms with van der Waals surface area (Å²) in [6, 6.07) is 0. The van der Waals surface area contributed by atoms with Crippen LogP contribution in [0.2, 0.25) is 0 Å². The normalized spacial score (nSPS) is 25.8. The van der Waals surface area contributed by atoms with Crippen molar-refractivity contribution in [3.05, 3.63) is 12.2 Å². The van der Waals surface area contributed by atoms with Gasteiger partial charge in [-0.05, 0) is 38.5 Å². The van der Waals surface area contributed by atoms with Crippen LogP contribution in [0.5, 0.6) is 0 Å². The van der Waals surface area contributed by atoms with Crippen LogP contribution in [0.1, 0.15) is 219 Å². The van der Waals surface area contributed by atoms with Gasteiger partial charge in [-0.25, -0.2) is 0 Å². The van der Waals surface area contributed by atoms with Gasteiger partial charge in [-0.2, -0.15) is 0 Å². The third-order valence-corrected chi connectivity index (χ3v) is 13.2. The van der Waals surface area contributed by atoms with Crippen LogP contribution >= 0.6 is 0 Å². The number of esters is 2. The van der Waals surface area contributed by atoms with Gasteiger partial charge in [-0.3, -0.25) is 9.59 Å². The largest absolute Gasteiger partial charge is 0.462 e. The Morgan fingerprint density at radius 3 is 1.29 bits per heavy atom. The fourth-order valence-electron chi connectivity index (χ4n) is 8.74. The second-order valence-corrected chi connectivity index (χ2v) is 19.4. The van der Waals surface area contributed by atoms with Gasteiger partial charge in [0.2, 0.25) is 0 Å². The molecule has 2 saturated heterocycles. The third-order valence-electron chi connectivity index (χ3n) is 13.2. The monoisotopic (exact) mass is 975 g/mol. The van der Waals surface area contributed by atoms with Gasteiger partial charge in [0.1, 0.15) is 55.4 Å². The number of aliphatic hydroxyl groups is 7. The molecule has 15 heteroatoms. The summed E-state index contributed by atoms with van der Waals surface area (Å²) < 4.78 is 33.6. The van der Waals surface area contributed by atoms with Crippen molar-refractivity contribution in [1.82, 2.24) is 0 Å². The fraction of sp³-hybridized carbons (Fsp3) is 0.925. The number of unbranched alkanes of at least 4 members (excludes halogenated alkanes) is 27. The molecule has 0 aromatic heterocycles. The first-order valence-electron chi connectivity index (χ1n) is 27.3. The van der Waals surface area contributed by atoms with Crippen LogP contribution in [0.3, 0.4) is 0 Å². The van der Waals surface area contributed by atoms with Crippen molar-refractivity contribution in [2.75, 3.05) is 26.4 Å². The summed E-state index contributed by atoms with van der Waals surface area (Å²) in [4.78, 5) is 25.8. The summed E-state index contributed by atoms with van der Waals surface area (Å²) in [6.07, 6.45) is 23.8. The quantitative estimate of drug-likeness (QED) is 0.0174. The smallest absolute Gasteiger partial charge is 0.306 e. The molecule has 0 saturated carbocycles. The molecule has 0 amide bonds. The van der Waals surface area contributed by atoms with E-state index in [1.165, 1.54) is 135 Å². The zero-order chi connectivity index (χ0) is 49.6. The molecule has 2 aliphatic rings. The van der Waals surface area contributed by atoms with Crippen molar-refractivity contribution in [1.29, 1.82) is 0 Å². The number of rotatable bonds is 43. The zero-order valence-corrected chi connectivity index (χ0v) is 42.4. The maximum atomic E-state index is 13.0. The van der Waals surface area contributed by atoms with Crippen molar-refractivity contribution in [2.24, 2.45) is 0 Å². The molecule has 11 atom stereocenters. The molecule has 2 rings (SSSR count). The van der Waals surface area contributed by atoms with Crippen LogP contribution in [-0.2, 0) is 38.0 Å². The van der Waals surface area contributed by atoms with E-state index in [1.807, 2.05) is 0 Å². The van der Waals surface area contributed by atoms with Crippen LogP contribution in [0.25, 0.3) is 0 Å². The maximum Gasteiger partial charge on any atom is 0.306 e. The Hall–Kier alpha value is -1.76. The second kappa shape index (κ2) is 40.8. The van der Waals surface area contributed by atoms with Crippen molar-refractivity contribution in [3.8, 4) is 0 Å². The number of hydrogen-bond acceptors (Lipinski definition) is 15. The maximum absolute atomic E-state index is 13.0. The summed E-state index contributed by atoms with van der Waals surface area (Å²) in [5, 5.41) is 72.1. The second-order valence-electron chi connectivity index (χ2n) is 19.4. The lowest BCUT2D eigenvalue weighted by atomic mass is 9.98. The predicted octanol–water partition coefficient (Wildman–Crippen LogP) is 8.16. The van der Waals surface area contributed by atoms with Crippen LogP contribution < -0.4 is 0 Å². The fourth-order valence-corrected chi connectivity index (χ4v) is 8.74. The molecule has 400 valence electrons. The van der Waals surface area contributed by atoms with Gasteiger partial charge in [0.05, 0.1) is 19.8 Å². The number of carbonyl (C=O) groups excluding carboxylic acids is 2. The molecule has 0 aliphatic carbocycles. The van der Waals surface area contributed by atoms with Crippen LogP contribution in [0.15, 0.2) is 12.2 Å². The molecule has 2 aliphatic heterocycles. The van der Waals surface area contributed by atoms with Gasteiger partial charge < -0.3 is 64.2 Å². The highest BCUT2D eigenvalue weighted by atomic mass is 16.7. The molecule has 0 spiro atoms. The van der Waals surface area contributed by atoms with Gasteiger partial charge in [0.25, 0.3) is 0 Å². The first-order chi connectivity index (χ1) is 33.0. The molecule has 0 bridgehead atoms. The average molecular weight is 975 g/mol. The lowest BCUT2D eigenvalue weighted by Gasteiger charge is -2.42. The van der Waals surface area contributed by atoms with E-state index >= 15 is 0 Å². The molecule has 7 N–H and O–H groups in total.